The van der Waals surface area contributed by atoms with Gasteiger partial charge in [0.05, 0.1) is 24.8 Å². The molecule has 0 aliphatic rings. The van der Waals surface area contributed by atoms with Gasteiger partial charge >= 0.3 is 0 Å². The molecule has 0 aliphatic heterocycles. The van der Waals surface area contributed by atoms with Crippen LogP contribution in [0.1, 0.15) is 28.3 Å². The molecule has 0 saturated heterocycles. The fourth-order valence-corrected chi connectivity index (χ4v) is 2.62. The number of nitrogens with one attached hydrogen (secondary N) is 1. The van der Waals surface area contributed by atoms with E-state index in [4.69, 9.17) is 4.74 Å². The van der Waals surface area contributed by atoms with E-state index >= 15 is 0 Å². The second-order valence-corrected chi connectivity index (χ2v) is 5.68. The Balaban J connectivity index is 2.18. The van der Waals surface area contributed by atoms with Crippen molar-refractivity contribution >= 4 is 11.8 Å². The fourth-order valence-electron chi connectivity index (χ4n) is 2.62. The smallest absolute Gasteiger partial charge is 0.261 e. The Morgan fingerprint density at radius 1 is 1.11 bits per heavy atom. The molecule has 0 radical (unpaired) electrons. The molecule has 2 rings (SSSR count). The summed E-state index contributed by atoms with van der Waals surface area (Å²) in [7, 11) is 1.41. The van der Waals surface area contributed by atoms with Crippen molar-refractivity contribution < 1.29 is 18.7 Å². The van der Waals surface area contributed by atoms with Crippen LogP contribution in [0.2, 0.25) is 0 Å². The topological polar surface area (TPSA) is 103 Å². The number of rotatable bonds is 6. The highest BCUT2D eigenvalue weighted by atomic mass is 19.1. The summed E-state index contributed by atoms with van der Waals surface area (Å²) in [4.78, 5) is 24.7. The molecule has 0 saturated carbocycles. The highest BCUT2D eigenvalue weighted by Crippen LogP contribution is 2.28. The van der Waals surface area contributed by atoms with Crippen molar-refractivity contribution in [3.8, 4) is 17.9 Å². The summed E-state index contributed by atoms with van der Waals surface area (Å²) < 4.78 is 18.2. The number of benzene rings is 2. The predicted octanol–water partition coefficient (Wildman–Crippen LogP) is 2.93. The average Bonchev–Trinajstić information content (AvgIpc) is 2.68. The van der Waals surface area contributed by atoms with Gasteiger partial charge < -0.3 is 4.74 Å². The molecular weight excluding hydrogens is 349 g/mol. The van der Waals surface area contributed by atoms with Crippen LogP contribution in [0, 0.1) is 34.4 Å². The first kappa shape index (κ1) is 19.6. The molecule has 0 aromatic heterocycles. The third kappa shape index (κ3) is 4.90. The zero-order valence-corrected chi connectivity index (χ0v) is 14.5. The number of imide groups is 1. The van der Waals surface area contributed by atoms with Crippen molar-refractivity contribution in [3.05, 3.63) is 65.5 Å². The molecule has 6 nitrogen and oxygen atoms in total. The molecule has 1 N–H and O–H groups in total. The van der Waals surface area contributed by atoms with Gasteiger partial charge in [0.15, 0.2) is 0 Å². The number of hydrogen-bond acceptors (Lipinski definition) is 5. The van der Waals surface area contributed by atoms with E-state index in [-0.39, 0.29) is 12.0 Å². The average molecular weight is 365 g/mol. The third-order valence-electron chi connectivity index (χ3n) is 3.99. The molecule has 1 atom stereocenters. The quantitative estimate of drug-likeness (QED) is 0.848. The maximum Gasteiger partial charge on any atom is 0.261 e. The maximum atomic E-state index is 13.1. The van der Waals surface area contributed by atoms with E-state index in [1.54, 1.807) is 18.2 Å². The van der Waals surface area contributed by atoms with E-state index in [1.807, 2.05) is 12.1 Å². The number of carbonyl (C=O) groups is 2. The molecule has 7 heteroatoms. The Kier molecular flexibility index (Phi) is 6.62. The number of hydrogen-bond donors (Lipinski definition) is 1. The normalized spacial score (nSPS) is 11.1. The van der Waals surface area contributed by atoms with E-state index in [2.05, 4.69) is 5.32 Å². The molecule has 0 bridgehead atoms. The third-order valence-corrected chi connectivity index (χ3v) is 3.99. The number of halogens is 1. The number of ether oxygens (including phenoxy) is 1. The zero-order chi connectivity index (χ0) is 19.8. The number of carbonyl (C=O) groups excluding carboxylic acids is 2. The minimum absolute atomic E-state index is 0.184. The van der Waals surface area contributed by atoms with Gasteiger partial charge in [0.2, 0.25) is 5.91 Å². The van der Waals surface area contributed by atoms with E-state index in [0.717, 1.165) is 0 Å². The summed E-state index contributed by atoms with van der Waals surface area (Å²) in [5.74, 6) is -3.39. The number of amides is 2. The van der Waals surface area contributed by atoms with Crippen LogP contribution in [0.3, 0.4) is 0 Å². The van der Waals surface area contributed by atoms with Crippen molar-refractivity contribution in [3.63, 3.8) is 0 Å². The van der Waals surface area contributed by atoms with Crippen molar-refractivity contribution in [2.75, 3.05) is 7.11 Å². The monoisotopic (exact) mass is 365 g/mol. The van der Waals surface area contributed by atoms with Gasteiger partial charge in [-0.15, -0.1) is 0 Å². The van der Waals surface area contributed by atoms with Crippen LogP contribution in [0.25, 0.3) is 0 Å². The van der Waals surface area contributed by atoms with Gasteiger partial charge in [0, 0.05) is 12.3 Å². The molecule has 2 aromatic carbocycles. The number of para-hydroxylation sites is 1. The summed E-state index contributed by atoms with van der Waals surface area (Å²) in [5, 5.41) is 20.6. The maximum absolute atomic E-state index is 13.1. The lowest BCUT2D eigenvalue weighted by atomic mass is 9.85. The van der Waals surface area contributed by atoms with Gasteiger partial charge in [-0.05, 0) is 29.8 Å². The van der Waals surface area contributed by atoms with Crippen LogP contribution in [0.4, 0.5) is 4.39 Å². The summed E-state index contributed by atoms with van der Waals surface area (Å²) in [6.07, 6.45) is -0.279. The van der Waals surface area contributed by atoms with Crippen molar-refractivity contribution in [2.45, 2.75) is 12.3 Å². The molecule has 136 valence electrons. The Morgan fingerprint density at radius 2 is 1.74 bits per heavy atom. The number of nitrogens with zero attached hydrogens (tertiary/aromatic N) is 2. The lowest BCUT2D eigenvalue weighted by Crippen LogP contribution is -2.32. The Hall–Kier alpha value is -3.71. The molecule has 0 spiro atoms. The standard InChI is InChI=1S/C20H16FN3O3/c1-27-18-5-3-2-4-16(18)20(26)24-19(25)10-17(14(11-22)12-23)13-6-8-15(21)9-7-13/h2-9,14,17H,10H2,1H3,(H,24,25,26)/t17-/m1/s1. The van der Waals surface area contributed by atoms with Crippen LogP contribution >= 0.6 is 0 Å². The van der Waals surface area contributed by atoms with Gasteiger partial charge in [-0.1, -0.05) is 24.3 Å². The fraction of sp³-hybridized carbons (Fsp3) is 0.200. The Labute approximate surface area is 155 Å². The Bertz CT molecular complexity index is 899. The first-order valence-electron chi connectivity index (χ1n) is 8.02. The summed E-state index contributed by atoms with van der Waals surface area (Å²) >= 11 is 0. The van der Waals surface area contributed by atoms with Crippen LogP contribution in [-0.2, 0) is 4.79 Å². The van der Waals surface area contributed by atoms with Gasteiger partial charge in [-0.3, -0.25) is 14.9 Å². The van der Waals surface area contributed by atoms with Crippen molar-refractivity contribution in [1.29, 1.82) is 10.5 Å². The van der Waals surface area contributed by atoms with Crippen LogP contribution in [0.15, 0.2) is 48.5 Å². The van der Waals surface area contributed by atoms with Crippen LogP contribution < -0.4 is 10.1 Å². The zero-order valence-electron chi connectivity index (χ0n) is 14.5. The number of methoxy groups -OCH3 is 1. The molecule has 27 heavy (non-hydrogen) atoms. The molecule has 2 amide bonds. The van der Waals surface area contributed by atoms with E-state index in [1.165, 1.54) is 37.4 Å². The van der Waals surface area contributed by atoms with Gasteiger partial charge in [-0.25, -0.2) is 4.39 Å². The second-order valence-electron chi connectivity index (χ2n) is 5.68. The highest BCUT2D eigenvalue weighted by molar-refractivity contribution is 6.06. The Morgan fingerprint density at radius 3 is 2.33 bits per heavy atom. The highest BCUT2D eigenvalue weighted by Gasteiger charge is 2.27. The van der Waals surface area contributed by atoms with E-state index in [0.29, 0.717) is 11.3 Å². The van der Waals surface area contributed by atoms with Crippen LogP contribution in [-0.4, -0.2) is 18.9 Å². The molecule has 0 fully saturated rings. The van der Waals surface area contributed by atoms with Crippen LogP contribution in [0.5, 0.6) is 5.75 Å². The molecule has 2 aromatic rings. The number of nitriles is 2. The molecule has 0 unspecified atom stereocenters. The van der Waals surface area contributed by atoms with Crippen molar-refractivity contribution in [2.24, 2.45) is 5.92 Å². The summed E-state index contributed by atoms with van der Waals surface area (Å²) in [6, 6.07) is 15.3. The lowest BCUT2D eigenvalue weighted by Gasteiger charge is -2.17. The predicted molar refractivity (Wildman–Crippen MR) is 93.9 cm³/mol. The van der Waals surface area contributed by atoms with E-state index < -0.39 is 29.5 Å². The van der Waals surface area contributed by atoms with Gasteiger partial charge in [0.25, 0.3) is 5.91 Å². The van der Waals surface area contributed by atoms with Gasteiger partial charge in [0.1, 0.15) is 17.5 Å². The summed E-state index contributed by atoms with van der Waals surface area (Å²) in [5.41, 5.74) is 0.646. The summed E-state index contributed by atoms with van der Waals surface area (Å²) in [6.45, 7) is 0. The minimum atomic E-state index is -1.12. The molecule has 0 aliphatic carbocycles. The largest absolute Gasteiger partial charge is 0.496 e. The second kappa shape index (κ2) is 9.12. The van der Waals surface area contributed by atoms with Crippen molar-refractivity contribution in [1.82, 2.24) is 5.32 Å². The minimum Gasteiger partial charge on any atom is -0.496 e. The van der Waals surface area contributed by atoms with Gasteiger partial charge in [-0.2, -0.15) is 10.5 Å². The SMILES string of the molecule is COc1ccccc1C(=O)NC(=O)C[C@H](c1ccc(F)cc1)C(C#N)C#N. The molecule has 0 heterocycles. The first-order chi connectivity index (χ1) is 13.0. The van der Waals surface area contributed by atoms with E-state index in [9.17, 15) is 24.5 Å². The first-order valence-corrected chi connectivity index (χ1v) is 8.02. The molecular formula is C20H16FN3O3. The lowest BCUT2D eigenvalue weighted by molar-refractivity contribution is -0.120.